The number of pyridine rings is 2. The summed E-state index contributed by atoms with van der Waals surface area (Å²) in [5, 5.41) is 20.7. The number of alkyl halides is 2. The number of amides is 3. The Bertz CT molecular complexity index is 2510. The lowest BCUT2D eigenvalue weighted by Crippen LogP contribution is -2.36. The first-order valence-electron chi connectivity index (χ1n) is 19.6. The molecule has 2 aromatic heterocycles. The second-order valence-electron chi connectivity index (χ2n) is 13.9. The zero-order valence-corrected chi connectivity index (χ0v) is 33.0. The summed E-state index contributed by atoms with van der Waals surface area (Å²) in [5.74, 6) is -2.70. The minimum atomic E-state index is -3.27. The molecule has 0 aliphatic carbocycles. The van der Waals surface area contributed by atoms with Gasteiger partial charge in [0.1, 0.15) is 30.4 Å². The molecule has 6 rings (SSSR count). The summed E-state index contributed by atoms with van der Waals surface area (Å²) < 4.78 is 40.6. The van der Waals surface area contributed by atoms with Gasteiger partial charge in [-0.2, -0.15) is 5.26 Å². The smallest absolute Gasteiger partial charge is 0.252 e. The molecule has 61 heavy (non-hydrogen) atoms. The molecule has 4 aromatic carbocycles. The molecule has 3 amide bonds. The highest BCUT2D eigenvalue weighted by Crippen LogP contribution is 2.29. The monoisotopic (exact) mass is 827 g/mol. The second kappa shape index (κ2) is 21.1. The van der Waals surface area contributed by atoms with E-state index in [0.29, 0.717) is 59.2 Å². The Balaban J connectivity index is 0.916. The van der Waals surface area contributed by atoms with E-state index in [1.807, 2.05) is 78.9 Å². The summed E-state index contributed by atoms with van der Waals surface area (Å²) in [6.07, 6.45) is 3.12. The first-order chi connectivity index (χ1) is 29.7. The van der Waals surface area contributed by atoms with Gasteiger partial charge in [0.2, 0.25) is 6.41 Å². The Morgan fingerprint density at radius 2 is 1.25 bits per heavy atom. The van der Waals surface area contributed by atoms with Gasteiger partial charge in [-0.15, -0.1) is 0 Å². The van der Waals surface area contributed by atoms with Gasteiger partial charge in [-0.25, -0.2) is 8.78 Å². The number of nitrogens with one attached hydrogen (secondary N) is 4. The van der Waals surface area contributed by atoms with Gasteiger partial charge < -0.3 is 35.5 Å². The van der Waals surface area contributed by atoms with Crippen LogP contribution in [0.5, 0.6) is 11.5 Å². The first-order valence-corrected chi connectivity index (χ1v) is 19.6. The van der Waals surface area contributed by atoms with Crippen molar-refractivity contribution in [3.8, 4) is 39.8 Å². The van der Waals surface area contributed by atoms with Crippen molar-refractivity contribution in [3.05, 3.63) is 121 Å². The van der Waals surface area contributed by atoms with Gasteiger partial charge in [0, 0.05) is 49.1 Å². The molecule has 6 aromatic rings. The van der Waals surface area contributed by atoms with E-state index in [0.717, 1.165) is 41.0 Å². The Morgan fingerprint density at radius 3 is 1.79 bits per heavy atom. The van der Waals surface area contributed by atoms with E-state index in [1.165, 1.54) is 12.3 Å². The fourth-order valence-corrected chi connectivity index (χ4v) is 6.60. The number of ether oxygens (including phenoxy) is 2. The van der Waals surface area contributed by atoms with Crippen LogP contribution in [0.3, 0.4) is 0 Å². The van der Waals surface area contributed by atoms with Gasteiger partial charge in [-0.3, -0.25) is 24.4 Å². The van der Waals surface area contributed by atoms with Crippen LogP contribution >= 0.6 is 0 Å². The number of benzene rings is 4. The van der Waals surface area contributed by atoms with Crippen LogP contribution in [0.15, 0.2) is 109 Å². The number of fused-ring (bicyclic) bond motifs is 2. The molecule has 0 spiro atoms. The zero-order valence-electron chi connectivity index (χ0n) is 33.0. The average Bonchev–Trinajstić information content (AvgIpc) is 3.28. The molecule has 1 unspecified atom stereocenters. The normalized spacial score (nSPS) is 11.6. The van der Waals surface area contributed by atoms with Crippen molar-refractivity contribution in [2.75, 3.05) is 39.4 Å². The van der Waals surface area contributed by atoms with Crippen LogP contribution in [0.2, 0.25) is 0 Å². The quantitative estimate of drug-likeness (QED) is 0.0450. The van der Waals surface area contributed by atoms with E-state index >= 15 is 0 Å². The molecule has 0 saturated carbocycles. The van der Waals surface area contributed by atoms with E-state index in [1.54, 1.807) is 24.4 Å². The fraction of sp³-hybridized carbons (Fsp3) is 0.239. The van der Waals surface area contributed by atoms with Gasteiger partial charge in [-0.05, 0) is 95.9 Å². The van der Waals surface area contributed by atoms with Crippen molar-refractivity contribution in [1.29, 1.82) is 5.26 Å². The van der Waals surface area contributed by atoms with Gasteiger partial charge in [0.05, 0.1) is 41.4 Å². The number of carbonyl (C=O) groups is 4. The Kier molecular flexibility index (Phi) is 15.0. The first kappa shape index (κ1) is 43.3. The van der Waals surface area contributed by atoms with Crippen molar-refractivity contribution >= 4 is 46.3 Å². The molecule has 0 fully saturated rings. The molecular weight excluding hydrogens is 785 g/mol. The summed E-state index contributed by atoms with van der Waals surface area (Å²) in [4.78, 5) is 55.6. The maximum atomic E-state index is 14.4. The van der Waals surface area contributed by atoms with Crippen LogP contribution in [-0.4, -0.2) is 85.8 Å². The zero-order chi connectivity index (χ0) is 43.0. The summed E-state index contributed by atoms with van der Waals surface area (Å²) >= 11 is 0. The molecule has 15 heteroatoms. The largest absolute Gasteiger partial charge is 0.494 e. The summed E-state index contributed by atoms with van der Waals surface area (Å²) in [6.45, 7) is 1.97. The molecule has 0 saturated heterocycles. The van der Waals surface area contributed by atoms with Crippen LogP contribution in [0.1, 0.15) is 40.0 Å². The molecule has 0 aliphatic heterocycles. The van der Waals surface area contributed by atoms with E-state index < -0.39 is 30.7 Å². The van der Waals surface area contributed by atoms with Crippen LogP contribution < -0.4 is 30.7 Å². The molecular formula is C46H43F2N7O6. The molecule has 0 radical (unpaired) electrons. The number of halogens is 2. The minimum absolute atomic E-state index is 0.0606. The number of aldehydes is 1. The highest BCUT2D eigenvalue weighted by atomic mass is 19.3. The molecule has 312 valence electrons. The van der Waals surface area contributed by atoms with E-state index in [-0.39, 0.29) is 31.0 Å². The SMILES string of the molecule is N#CC(CC(F)(F)CCNC(=O)c1ccnc2ccc(-c3ccc(OCCCNCCOc4ccc(-c5ccc6nccc(C(=O)NCC=O)c6c5)cc4)cc3)cc12)NC=O. The van der Waals surface area contributed by atoms with Crippen molar-refractivity contribution in [1.82, 2.24) is 31.2 Å². The number of aromatic nitrogens is 2. The van der Waals surface area contributed by atoms with Gasteiger partial charge in [0.15, 0.2) is 0 Å². The van der Waals surface area contributed by atoms with E-state index in [2.05, 4.69) is 31.2 Å². The molecule has 1 atom stereocenters. The van der Waals surface area contributed by atoms with Crippen LogP contribution in [0.4, 0.5) is 8.78 Å². The van der Waals surface area contributed by atoms with Crippen LogP contribution in [0, 0.1) is 11.3 Å². The summed E-state index contributed by atoms with van der Waals surface area (Å²) in [6, 6.07) is 30.0. The molecule has 0 aliphatic rings. The lowest BCUT2D eigenvalue weighted by atomic mass is 10.0. The predicted molar refractivity (Wildman–Crippen MR) is 226 cm³/mol. The number of hydrogen-bond donors (Lipinski definition) is 4. The van der Waals surface area contributed by atoms with Gasteiger partial charge in [0.25, 0.3) is 17.7 Å². The highest BCUT2D eigenvalue weighted by Gasteiger charge is 2.32. The number of hydrogen-bond acceptors (Lipinski definition) is 10. The number of nitrogens with zero attached hydrogens (tertiary/aromatic N) is 3. The second-order valence-corrected chi connectivity index (χ2v) is 13.9. The van der Waals surface area contributed by atoms with Crippen LogP contribution in [-0.2, 0) is 9.59 Å². The molecule has 0 bridgehead atoms. The van der Waals surface area contributed by atoms with Crippen molar-refractivity contribution in [2.45, 2.75) is 31.2 Å². The Labute approximate surface area is 350 Å². The maximum Gasteiger partial charge on any atom is 0.252 e. The summed E-state index contributed by atoms with van der Waals surface area (Å²) in [7, 11) is 0. The van der Waals surface area contributed by atoms with Gasteiger partial charge >= 0.3 is 0 Å². The lowest BCUT2D eigenvalue weighted by Gasteiger charge is -2.19. The number of rotatable bonds is 22. The van der Waals surface area contributed by atoms with Crippen molar-refractivity contribution in [2.24, 2.45) is 0 Å². The third-order valence-corrected chi connectivity index (χ3v) is 9.71. The van der Waals surface area contributed by atoms with Crippen molar-refractivity contribution < 1.29 is 37.4 Å². The fourth-order valence-electron chi connectivity index (χ4n) is 6.60. The Hall–Kier alpha value is -7.31. The van der Waals surface area contributed by atoms with Crippen LogP contribution in [0.25, 0.3) is 44.1 Å². The minimum Gasteiger partial charge on any atom is -0.494 e. The topological polar surface area (TPSA) is 184 Å². The van der Waals surface area contributed by atoms with E-state index in [9.17, 15) is 28.0 Å². The third kappa shape index (κ3) is 11.9. The lowest BCUT2D eigenvalue weighted by molar-refractivity contribution is -0.110. The van der Waals surface area contributed by atoms with E-state index in [4.69, 9.17) is 14.7 Å². The van der Waals surface area contributed by atoms with Crippen molar-refractivity contribution in [3.63, 3.8) is 0 Å². The number of nitriles is 1. The Morgan fingerprint density at radius 1 is 0.705 bits per heavy atom. The highest BCUT2D eigenvalue weighted by molar-refractivity contribution is 6.08. The maximum absolute atomic E-state index is 14.4. The third-order valence-electron chi connectivity index (χ3n) is 9.71. The number of carbonyl (C=O) groups excluding carboxylic acids is 4. The molecule has 2 heterocycles. The standard InChI is InChI=1S/C46H43F2N7O6/c47-46(48,28-35(29-49)55-30-57)16-20-53-44(58)38-14-18-51-42-12-6-33(26-40(38)42)31-2-8-36(9-3-31)60-24-1-17-50-22-25-61-37-10-4-32(5-11-37)34-7-13-43-41(27-34)39(15-19-52-43)45(59)54-21-23-56/h2-15,18-19,23,26-27,30,35,50H,1,16-17,20-22,24-25,28H2,(H,53,58)(H,54,59)(H,55,57). The molecule has 13 nitrogen and oxygen atoms in total. The molecule has 4 N–H and O–H groups in total. The predicted octanol–water partition coefficient (Wildman–Crippen LogP) is 6.27. The summed E-state index contributed by atoms with van der Waals surface area (Å²) in [5.41, 5.74) is 5.58. The van der Waals surface area contributed by atoms with Gasteiger partial charge in [-0.1, -0.05) is 36.4 Å². The average molecular weight is 828 g/mol.